The Morgan fingerprint density at radius 1 is 1.00 bits per heavy atom. The van der Waals surface area contributed by atoms with Crippen LogP contribution in [0.5, 0.6) is 11.5 Å². The molecule has 1 atom stereocenters. The number of ether oxygens (including phenoxy) is 1. The number of aromatic hydroxyl groups is 1. The number of phenols is 1. The van der Waals surface area contributed by atoms with Crippen molar-refractivity contribution >= 4 is 33.2 Å². The molecular weight excluding hydrogens is 472 g/mol. The van der Waals surface area contributed by atoms with Crippen molar-refractivity contribution in [1.29, 1.82) is 0 Å². The third kappa shape index (κ3) is 4.36. The number of primary sulfonamides is 1. The highest BCUT2D eigenvalue weighted by atomic mass is 32.2. The fraction of sp³-hybridized carbons (Fsp3) is 0.120. The van der Waals surface area contributed by atoms with E-state index in [-0.39, 0.29) is 33.4 Å². The molecule has 10 heteroatoms. The first-order valence-corrected chi connectivity index (χ1v) is 12.0. The van der Waals surface area contributed by atoms with Gasteiger partial charge in [0.1, 0.15) is 5.76 Å². The predicted molar refractivity (Wildman–Crippen MR) is 128 cm³/mol. The first-order valence-electron chi connectivity index (χ1n) is 10.4. The Labute approximate surface area is 201 Å². The molecule has 0 aliphatic carbocycles. The van der Waals surface area contributed by atoms with E-state index in [0.717, 1.165) is 10.5 Å². The zero-order valence-electron chi connectivity index (χ0n) is 18.8. The highest BCUT2D eigenvalue weighted by Gasteiger charge is 2.47. The number of carbonyl (C=O) groups is 2. The van der Waals surface area contributed by atoms with E-state index in [1.807, 2.05) is 6.92 Å². The number of Topliss-reactive ketones (excluding diaryl/α,β-unsaturated/α-hetero) is 1. The van der Waals surface area contributed by atoms with Crippen LogP contribution in [0.3, 0.4) is 0 Å². The number of aliphatic hydroxyl groups is 1. The number of anilines is 1. The number of carbonyl (C=O) groups excluding carboxylic acids is 2. The molecule has 4 rings (SSSR count). The number of ketones is 1. The van der Waals surface area contributed by atoms with E-state index < -0.39 is 27.8 Å². The highest BCUT2D eigenvalue weighted by molar-refractivity contribution is 7.89. The van der Waals surface area contributed by atoms with E-state index in [0.29, 0.717) is 11.1 Å². The lowest BCUT2D eigenvalue weighted by atomic mass is 9.94. The Morgan fingerprint density at radius 2 is 1.63 bits per heavy atom. The monoisotopic (exact) mass is 494 g/mol. The van der Waals surface area contributed by atoms with Gasteiger partial charge in [0, 0.05) is 11.3 Å². The molecule has 3 aromatic carbocycles. The van der Waals surface area contributed by atoms with Crippen LogP contribution in [0.15, 0.2) is 77.2 Å². The number of nitrogens with two attached hydrogens (primary N) is 1. The van der Waals surface area contributed by atoms with Crippen LogP contribution < -0.4 is 14.8 Å². The summed E-state index contributed by atoms with van der Waals surface area (Å²) in [7, 11) is -2.62. The molecule has 1 amide bonds. The summed E-state index contributed by atoms with van der Waals surface area (Å²) in [4.78, 5) is 27.4. The SMILES string of the molecule is COc1cc(C2/C(=C(/O)c3ccc(C)cc3)C(=O)C(=O)N2c2ccc(S(N)(=O)=O)cc2)ccc1O. The smallest absolute Gasteiger partial charge is 0.300 e. The molecule has 3 aromatic rings. The van der Waals surface area contributed by atoms with Crippen molar-refractivity contribution in [2.45, 2.75) is 17.9 Å². The number of hydrogen-bond donors (Lipinski definition) is 3. The van der Waals surface area contributed by atoms with E-state index in [1.54, 1.807) is 24.3 Å². The Kier molecular flexibility index (Phi) is 6.10. The lowest BCUT2D eigenvalue weighted by Crippen LogP contribution is -2.29. The van der Waals surface area contributed by atoms with E-state index in [1.165, 1.54) is 49.6 Å². The number of rotatable bonds is 5. The summed E-state index contributed by atoms with van der Waals surface area (Å²) in [5, 5.41) is 26.3. The maximum Gasteiger partial charge on any atom is 0.300 e. The molecule has 180 valence electrons. The molecule has 0 aromatic heterocycles. The lowest BCUT2D eigenvalue weighted by Gasteiger charge is -2.26. The summed E-state index contributed by atoms with van der Waals surface area (Å²) < 4.78 is 28.5. The molecule has 1 aliphatic heterocycles. The number of hydrogen-bond acceptors (Lipinski definition) is 7. The Hall–Kier alpha value is -4.15. The molecule has 1 unspecified atom stereocenters. The van der Waals surface area contributed by atoms with Crippen molar-refractivity contribution in [3.8, 4) is 11.5 Å². The average molecular weight is 495 g/mol. The number of aryl methyl sites for hydroxylation is 1. The summed E-state index contributed by atoms with van der Waals surface area (Å²) in [5.41, 5.74) is 1.70. The van der Waals surface area contributed by atoms with Crippen molar-refractivity contribution in [3.63, 3.8) is 0 Å². The predicted octanol–water partition coefficient (Wildman–Crippen LogP) is 2.98. The Balaban J connectivity index is 1.95. The van der Waals surface area contributed by atoms with Gasteiger partial charge < -0.3 is 14.9 Å². The van der Waals surface area contributed by atoms with E-state index >= 15 is 0 Å². The maximum absolute atomic E-state index is 13.2. The molecule has 0 bridgehead atoms. The minimum atomic E-state index is -3.97. The summed E-state index contributed by atoms with van der Waals surface area (Å²) in [6, 6.07) is 15.1. The first kappa shape index (κ1) is 24.0. The lowest BCUT2D eigenvalue weighted by molar-refractivity contribution is -0.132. The zero-order chi connectivity index (χ0) is 25.5. The van der Waals surface area contributed by atoms with Crippen molar-refractivity contribution < 1.29 is 33.0 Å². The van der Waals surface area contributed by atoms with Gasteiger partial charge in [-0.2, -0.15) is 0 Å². The number of nitrogens with zero attached hydrogens (tertiary/aromatic N) is 1. The van der Waals surface area contributed by atoms with Gasteiger partial charge in [0.2, 0.25) is 10.0 Å². The molecule has 1 aliphatic rings. The van der Waals surface area contributed by atoms with Gasteiger partial charge in [-0.15, -0.1) is 0 Å². The van der Waals surface area contributed by atoms with E-state index in [4.69, 9.17) is 9.88 Å². The standard InChI is InChI=1S/C25H22N2O7S/c1-14-3-5-15(6-4-14)23(29)21-22(16-7-12-19(28)20(13-16)34-2)27(25(31)24(21)30)17-8-10-18(11-9-17)35(26,32)33/h3-13,22,28-29H,1-2H3,(H2,26,32,33)/b23-21-. The number of sulfonamides is 1. The van der Waals surface area contributed by atoms with Gasteiger partial charge in [-0.1, -0.05) is 35.9 Å². The van der Waals surface area contributed by atoms with Crippen LogP contribution in [0.25, 0.3) is 5.76 Å². The molecule has 0 radical (unpaired) electrons. The van der Waals surface area contributed by atoms with Crippen LogP contribution in [-0.4, -0.2) is 37.4 Å². The Morgan fingerprint density at radius 3 is 2.20 bits per heavy atom. The number of benzene rings is 3. The van der Waals surface area contributed by atoms with Crippen LogP contribution in [-0.2, 0) is 19.6 Å². The molecule has 1 heterocycles. The molecule has 0 saturated carbocycles. The van der Waals surface area contributed by atoms with Crippen molar-refractivity contribution in [3.05, 3.63) is 89.0 Å². The topological polar surface area (TPSA) is 147 Å². The van der Waals surface area contributed by atoms with Gasteiger partial charge in [-0.25, -0.2) is 13.6 Å². The van der Waals surface area contributed by atoms with Gasteiger partial charge in [0.05, 0.1) is 23.6 Å². The number of aliphatic hydroxyl groups excluding tert-OH is 1. The van der Waals surface area contributed by atoms with Crippen molar-refractivity contribution in [2.24, 2.45) is 5.14 Å². The molecule has 0 spiro atoms. The van der Waals surface area contributed by atoms with Crippen LogP contribution >= 0.6 is 0 Å². The molecule has 9 nitrogen and oxygen atoms in total. The maximum atomic E-state index is 13.2. The van der Waals surface area contributed by atoms with E-state index in [9.17, 15) is 28.2 Å². The van der Waals surface area contributed by atoms with Gasteiger partial charge in [0.25, 0.3) is 11.7 Å². The summed E-state index contributed by atoms with van der Waals surface area (Å²) in [5.74, 6) is -2.25. The normalized spacial score (nSPS) is 17.6. The van der Waals surface area contributed by atoms with Crippen molar-refractivity contribution in [1.82, 2.24) is 0 Å². The second-order valence-electron chi connectivity index (χ2n) is 8.01. The third-order valence-corrected chi connectivity index (χ3v) is 6.66. The fourth-order valence-electron chi connectivity index (χ4n) is 3.94. The first-order chi connectivity index (χ1) is 16.5. The molecule has 1 fully saturated rings. The van der Waals surface area contributed by atoms with Gasteiger partial charge in [-0.05, 0) is 48.9 Å². The summed E-state index contributed by atoms with van der Waals surface area (Å²) in [6.45, 7) is 1.87. The van der Waals surface area contributed by atoms with Gasteiger partial charge in [0.15, 0.2) is 11.5 Å². The Bertz CT molecular complexity index is 1460. The second kappa shape index (κ2) is 8.90. The highest BCUT2D eigenvalue weighted by Crippen LogP contribution is 2.44. The number of phenolic OH excluding ortho intramolecular Hbond substituents is 1. The van der Waals surface area contributed by atoms with Crippen LogP contribution in [0.2, 0.25) is 0 Å². The fourth-order valence-corrected chi connectivity index (χ4v) is 4.46. The number of amides is 1. The summed E-state index contributed by atoms with van der Waals surface area (Å²) in [6.07, 6.45) is 0. The zero-order valence-corrected chi connectivity index (χ0v) is 19.6. The van der Waals surface area contributed by atoms with Crippen LogP contribution in [0, 0.1) is 6.92 Å². The number of methoxy groups -OCH3 is 1. The average Bonchev–Trinajstić information content (AvgIpc) is 3.09. The second-order valence-corrected chi connectivity index (χ2v) is 9.57. The molecule has 4 N–H and O–H groups in total. The van der Waals surface area contributed by atoms with Gasteiger partial charge in [-0.3, -0.25) is 14.5 Å². The van der Waals surface area contributed by atoms with Crippen molar-refractivity contribution in [2.75, 3.05) is 12.0 Å². The van der Waals surface area contributed by atoms with Gasteiger partial charge >= 0.3 is 0 Å². The molecule has 35 heavy (non-hydrogen) atoms. The summed E-state index contributed by atoms with van der Waals surface area (Å²) >= 11 is 0. The molecule has 1 saturated heterocycles. The minimum absolute atomic E-state index is 0.105. The quantitative estimate of drug-likeness (QED) is 0.281. The van der Waals surface area contributed by atoms with E-state index in [2.05, 4.69) is 0 Å². The largest absolute Gasteiger partial charge is 0.507 e. The third-order valence-electron chi connectivity index (χ3n) is 5.73. The van der Waals surface area contributed by atoms with Crippen LogP contribution in [0.4, 0.5) is 5.69 Å². The van der Waals surface area contributed by atoms with Crippen LogP contribution in [0.1, 0.15) is 22.7 Å². The molecular formula is C25H22N2O7S. The minimum Gasteiger partial charge on any atom is -0.507 e.